The van der Waals surface area contributed by atoms with E-state index in [0.717, 1.165) is 24.3 Å². The van der Waals surface area contributed by atoms with Gasteiger partial charge in [-0.3, -0.25) is 19.6 Å². The van der Waals surface area contributed by atoms with Gasteiger partial charge in [0.15, 0.2) is 11.6 Å². The molecule has 5 aromatic rings. The fourth-order valence-corrected chi connectivity index (χ4v) is 3.63. The van der Waals surface area contributed by atoms with Gasteiger partial charge in [0.2, 0.25) is 0 Å². The lowest BCUT2D eigenvalue weighted by molar-refractivity contribution is 0.101. The predicted molar refractivity (Wildman–Crippen MR) is 127 cm³/mol. The molecule has 0 unspecified atom stereocenters. The highest BCUT2D eigenvalue weighted by Crippen LogP contribution is 2.26. The van der Waals surface area contributed by atoms with Crippen LogP contribution in [0.15, 0.2) is 85.3 Å². The van der Waals surface area contributed by atoms with E-state index in [-0.39, 0.29) is 11.1 Å². The van der Waals surface area contributed by atoms with Crippen molar-refractivity contribution in [3.63, 3.8) is 0 Å². The molecule has 0 atom stereocenters. The lowest BCUT2D eigenvalue weighted by Gasteiger charge is -2.11. The maximum atomic E-state index is 15.2. The quantitative estimate of drug-likeness (QED) is 0.329. The first-order chi connectivity index (χ1) is 17.4. The molecule has 176 valence electrons. The van der Waals surface area contributed by atoms with Gasteiger partial charge >= 0.3 is 0 Å². The molecule has 0 fully saturated rings. The molecule has 0 bridgehead atoms. The standard InChI is InChI=1S/C27H15F3N4O2/c28-18-5-1-3-16(11-18)27(36)34-21-9-7-19(29)24(25(21)30)26(35)15-6-8-20-22(12-15)33-23(14-32-20)17-4-2-10-31-13-17/h1-14H,(H,34,36). The number of aromatic nitrogens is 3. The number of carbonyl (C=O) groups is 2. The van der Waals surface area contributed by atoms with Gasteiger partial charge in [0.25, 0.3) is 5.91 Å². The largest absolute Gasteiger partial charge is 0.319 e. The molecule has 6 nitrogen and oxygen atoms in total. The van der Waals surface area contributed by atoms with E-state index >= 15 is 4.39 Å². The van der Waals surface area contributed by atoms with E-state index in [4.69, 9.17) is 0 Å². The molecule has 0 aliphatic heterocycles. The summed E-state index contributed by atoms with van der Waals surface area (Å²) >= 11 is 0. The number of pyridine rings is 1. The first-order valence-corrected chi connectivity index (χ1v) is 10.7. The molecule has 0 aliphatic carbocycles. The minimum atomic E-state index is -1.25. The summed E-state index contributed by atoms with van der Waals surface area (Å²) in [6.07, 6.45) is 4.79. The van der Waals surface area contributed by atoms with Gasteiger partial charge < -0.3 is 5.32 Å². The zero-order valence-corrected chi connectivity index (χ0v) is 18.4. The number of benzene rings is 3. The number of rotatable bonds is 5. The molecule has 9 heteroatoms. The summed E-state index contributed by atoms with van der Waals surface area (Å²) in [7, 11) is 0. The Bertz CT molecular complexity index is 1640. The summed E-state index contributed by atoms with van der Waals surface area (Å²) in [6.45, 7) is 0. The van der Waals surface area contributed by atoms with Crippen molar-refractivity contribution in [2.24, 2.45) is 0 Å². The van der Waals surface area contributed by atoms with E-state index in [1.165, 1.54) is 30.3 Å². The molecule has 0 saturated carbocycles. The molecule has 5 rings (SSSR count). The molecule has 0 radical (unpaired) electrons. The van der Waals surface area contributed by atoms with Gasteiger partial charge in [0, 0.05) is 29.1 Å². The molecule has 0 aliphatic rings. The molecule has 1 N–H and O–H groups in total. The monoisotopic (exact) mass is 484 g/mol. The molecule has 36 heavy (non-hydrogen) atoms. The van der Waals surface area contributed by atoms with Crippen LogP contribution in [0.5, 0.6) is 0 Å². The predicted octanol–water partition coefficient (Wildman–Crippen LogP) is 5.59. The van der Waals surface area contributed by atoms with E-state index in [2.05, 4.69) is 20.3 Å². The van der Waals surface area contributed by atoms with Crippen LogP contribution in [0.2, 0.25) is 0 Å². The summed E-state index contributed by atoms with van der Waals surface area (Å²) in [4.78, 5) is 38.4. The summed E-state index contributed by atoms with van der Waals surface area (Å²) < 4.78 is 43.3. The third kappa shape index (κ3) is 4.41. The second-order valence-electron chi connectivity index (χ2n) is 7.78. The molecular formula is C27H15F3N4O2. The number of halogens is 3. The van der Waals surface area contributed by atoms with Gasteiger partial charge in [0.1, 0.15) is 11.6 Å². The van der Waals surface area contributed by atoms with Crippen LogP contribution in [0.4, 0.5) is 18.9 Å². The van der Waals surface area contributed by atoms with Gasteiger partial charge in [-0.15, -0.1) is 0 Å². The first kappa shape index (κ1) is 22.9. The molecule has 0 spiro atoms. The molecule has 2 aromatic heterocycles. The number of nitrogens with one attached hydrogen (secondary N) is 1. The van der Waals surface area contributed by atoms with Crippen molar-refractivity contribution in [3.8, 4) is 11.3 Å². The Morgan fingerprint density at radius 1 is 0.806 bits per heavy atom. The van der Waals surface area contributed by atoms with Gasteiger partial charge in [-0.2, -0.15) is 0 Å². The Morgan fingerprint density at radius 3 is 2.44 bits per heavy atom. The number of carbonyl (C=O) groups excluding carboxylic acids is 2. The number of nitrogens with zero attached hydrogens (tertiary/aromatic N) is 3. The normalized spacial score (nSPS) is 10.9. The molecule has 1 amide bonds. The van der Waals surface area contributed by atoms with Crippen molar-refractivity contribution in [2.45, 2.75) is 0 Å². The summed E-state index contributed by atoms with van der Waals surface area (Å²) in [5, 5.41) is 2.26. The number of amides is 1. The maximum absolute atomic E-state index is 15.2. The van der Waals surface area contributed by atoms with Crippen molar-refractivity contribution in [2.75, 3.05) is 5.32 Å². The molecular weight excluding hydrogens is 469 g/mol. The van der Waals surface area contributed by atoms with Crippen molar-refractivity contribution < 1.29 is 22.8 Å². The fraction of sp³-hybridized carbons (Fsp3) is 0. The lowest BCUT2D eigenvalue weighted by Crippen LogP contribution is -2.16. The molecule has 2 heterocycles. The highest BCUT2D eigenvalue weighted by atomic mass is 19.1. The second kappa shape index (κ2) is 9.38. The van der Waals surface area contributed by atoms with E-state index in [0.29, 0.717) is 22.3 Å². The fourth-order valence-electron chi connectivity index (χ4n) is 3.63. The van der Waals surface area contributed by atoms with Crippen LogP contribution in [0.3, 0.4) is 0 Å². The van der Waals surface area contributed by atoms with E-state index < -0.39 is 40.4 Å². The number of hydrogen-bond donors (Lipinski definition) is 1. The van der Waals surface area contributed by atoms with E-state index in [1.807, 2.05) is 0 Å². The number of anilines is 1. The zero-order chi connectivity index (χ0) is 25.2. The number of hydrogen-bond acceptors (Lipinski definition) is 5. The van der Waals surface area contributed by atoms with E-state index in [9.17, 15) is 18.4 Å². The average molecular weight is 484 g/mol. The Kier molecular flexibility index (Phi) is 5.95. The first-order valence-electron chi connectivity index (χ1n) is 10.7. The third-order valence-corrected chi connectivity index (χ3v) is 5.41. The molecule has 0 saturated heterocycles. The topological polar surface area (TPSA) is 84.8 Å². The van der Waals surface area contributed by atoms with Crippen LogP contribution in [0.1, 0.15) is 26.3 Å². The van der Waals surface area contributed by atoms with Crippen LogP contribution in [-0.2, 0) is 0 Å². The van der Waals surface area contributed by atoms with Crippen molar-refractivity contribution in [1.29, 1.82) is 0 Å². The summed E-state index contributed by atoms with van der Waals surface area (Å²) in [5.41, 5.74) is 0.698. The number of ketones is 1. The van der Waals surface area contributed by atoms with Gasteiger partial charge in [-0.25, -0.2) is 18.2 Å². The van der Waals surface area contributed by atoms with Crippen molar-refractivity contribution in [3.05, 3.63) is 119 Å². The van der Waals surface area contributed by atoms with Gasteiger partial charge in [-0.05, 0) is 60.7 Å². The van der Waals surface area contributed by atoms with Crippen LogP contribution in [-0.4, -0.2) is 26.6 Å². The average Bonchev–Trinajstić information content (AvgIpc) is 2.90. The van der Waals surface area contributed by atoms with E-state index in [1.54, 1.807) is 30.7 Å². The lowest BCUT2D eigenvalue weighted by atomic mass is 10.0. The summed E-state index contributed by atoms with van der Waals surface area (Å²) in [5.74, 6) is -4.76. The molecule has 3 aromatic carbocycles. The van der Waals surface area contributed by atoms with Crippen molar-refractivity contribution >= 4 is 28.4 Å². The smallest absolute Gasteiger partial charge is 0.255 e. The second-order valence-corrected chi connectivity index (χ2v) is 7.78. The van der Waals surface area contributed by atoms with Crippen LogP contribution in [0.25, 0.3) is 22.3 Å². The minimum absolute atomic E-state index is 0.0217. The van der Waals surface area contributed by atoms with Crippen LogP contribution in [0, 0.1) is 17.5 Å². The third-order valence-electron chi connectivity index (χ3n) is 5.41. The zero-order valence-electron chi connectivity index (χ0n) is 18.4. The Morgan fingerprint density at radius 2 is 1.67 bits per heavy atom. The van der Waals surface area contributed by atoms with Crippen LogP contribution < -0.4 is 5.32 Å². The highest BCUT2D eigenvalue weighted by molar-refractivity contribution is 6.12. The SMILES string of the molecule is O=C(Nc1ccc(F)c(C(=O)c2ccc3ncc(-c4cccnc4)nc3c2)c1F)c1cccc(F)c1. The van der Waals surface area contributed by atoms with Gasteiger partial charge in [-0.1, -0.05) is 6.07 Å². The van der Waals surface area contributed by atoms with Gasteiger partial charge in [0.05, 0.1) is 34.2 Å². The summed E-state index contributed by atoms with van der Waals surface area (Å²) in [6, 6.07) is 14.5. The maximum Gasteiger partial charge on any atom is 0.255 e. The van der Waals surface area contributed by atoms with Crippen LogP contribution >= 0.6 is 0 Å². The Labute approximate surface area is 202 Å². The van der Waals surface area contributed by atoms with Crippen molar-refractivity contribution in [1.82, 2.24) is 15.0 Å². The minimum Gasteiger partial charge on any atom is -0.319 e. The highest BCUT2D eigenvalue weighted by Gasteiger charge is 2.23. The Hall–Kier alpha value is -4.92. The number of fused-ring (bicyclic) bond motifs is 1. The Balaban J connectivity index is 1.49.